The van der Waals surface area contributed by atoms with Gasteiger partial charge < -0.3 is 15.2 Å². The first-order chi connectivity index (χ1) is 14.0. The molecule has 156 valence electrons. The number of β-amino-alcohol motifs (C(OH)–C–C–N with tert-alkyl or cyclic N) is 1. The number of aliphatic hydroxyl groups excluding tert-OH is 1. The van der Waals surface area contributed by atoms with E-state index < -0.39 is 6.10 Å². The number of ether oxygens (including phenoxy) is 1. The van der Waals surface area contributed by atoms with Crippen molar-refractivity contribution in [1.82, 2.24) is 9.80 Å². The summed E-state index contributed by atoms with van der Waals surface area (Å²) in [6.45, 7) is 4.10. The number of halogens is 2. The van der Waals surface area contributed by atoms with Crippen molar-refractivity contribution in [1.29, 1.82) is 0 Å². The first kappa shape index (κ1) is 21.9. The molecule has 0 aromatic heterocycles. The second-order valence-corrected chi connectivity index (χ2v) is 7.81. The lowest BCUT2D eigenvalue weighted by molar-refractivity contribution is -0.117. The van der Waals surface area contributed by atoms with E-state index in [9.17, 15) is 9.90 Å². The zero-order chi connectivity index (χ0) is 20.6. The zero-order valence-corrected chi connectivity index (χ0v) is 17.6. The summed E-state index contributed by atoms with van der Waals surface area (Å²) < 4.78 is 5.60. The van der Waals surface area contributed by atoms with Gasteiger partial charge in [0.25, 0.3) is 0 Å². The van der Waals surface area contributed by atoms with Gasteiger partial charge in [0.2, 0.25) is 5.91 Å². The van der Waals surface area contributed by atoms with Gasteiger partial charge in [-0.3, -0.25) is 14.6 Å². The number of aliphatic hydroxyl groups is 1. The molecule has 2 N–H and O–H groups in total. The number of carbonyl (C=O) groups is 1. The maximum Gasteiger partial charge on any atom is 0.238 e. The van der Waals surface area contributed by atoms with Crippen LogP contribution in [0.1, 0.15) is 0 Å². The predicted octanol–water partition coefficient (Wildman–Crippen LogP) is 2.99. The van der Waals surface area contributed by atoms with E-state index in [-0.39, 0.29) is 12.5 Å². The lowest BCUT2D eigenvalue weighted by Gasteiger charge is -2.35. The van der Waals surface area contributed by atoms with Crippen LogP contribution in [0.4, 0.5) is 5.69 Å². The highest BCUT2D eigenvalue weighted by molar-refractivity contribution is 6.33. The van der Waals surface area contributed by atoms with E-state index in [1.165, 1.54) is 0 Å². The van der Waals surface area contributed by atoms with Gasteiger partial charge in [0.15, 0.2) is 0 Å². The Morgan fingerprint density at radius 3 is 2.31 bits per heavy atom. The summed E-state index contributed by atoms with van der Waals surface area (Å²) in [5, 5.41) is 14.2. The molecule has 6 nitrogen and oxygen atoms in total. The molecule has 8 heteroatoms. The van der Waals surface area contributed by atoms with Crippen LogP contribution in [-0.2, 0) is 4.79 Å². The van der Waals surface area contributed by atoms with Crippen LogP contribution < -0.4 is 10.1 Å². The van der Waals surface area contributed by atoms with Crippen LogP contribution in [0.5, 0.6) is 5.75 Å². The first-order valence-corrected chi connectivity index (χ1v) is 10.3. The molecule has 0 bridgehead atoms. The van der Waals surface area contributed by atoms with Crippen molar-refractivity contribution in [3.63, 3.8) is 0 Å². The molecule has 3 rings (SSSR count). The quantitative estimate of drug-likeness (QED) is 0.664. The second kappa shape index (κ2) is 10.8. The third-order valence-corrected chi connectivity index (χ3v) is 5.36. The maximum atomic E-state index is 12.2. The average Bonchev–Trinajstić information content (AvgIpc) is 2.71. The van der Waals surface area contributed by atoms with E-state index in [4.69, 9.17) is 27.9 Å². The second-order valence-electron chi connectivity index (χ2n) is 7.00. The molecule has 1 aliphatic heterocycles. The van der Waals surface area contributed by atoms with Crippen molar-refractivity contribution >= 4 is 34.8 Å². The molecule has 2 aromatic rings. The Morgan fingerprint density at radius 1 is 1.00 bits per heavy atom. The minimum atomic E-state index is -0.610. The molecule has 0 radical (unpaired) electrons. The van der Waals surface area contributed by atoms with E-state index in [0.29, 0.717) is 34.6 Å². The highest BCUT2D eigenvalue weighted by atomic mass is 35.5. The van der Waals surface area contributed by atoms with Crippen LogP contribution in [0.2, 0.25) is 10.0 Å². The molecule has 1 amide bonds. The zero-order valence-electron chi connectivity index (χ0n) is 16.1. The van der Waals surface area contributed by atoms with Crippen LogP contribution >= 0.6 is 23.2 Å². The molecule has 1 saturated heterocycles. The average molecular weight is 438 g/mol. The van der Waals surface area contributed by atoms with Crippen LogP contribution in [0.3, 0.4) is 0 Å². The number of nitrogens with one attached hydrogen (secondary N) is 1. The Kier molecular flexibility index (Phi) is 8.15. The highest BCUT2D eigenvalue weighted by Crippen LogP contribution is 2.23. The summed E-state index contributed by atoms with van der Waals surface area (Å²) >= 11 is 12.1. The number of benzene rings is 2. The highest BCUT2D eigenvalue weighted by Gasteiger charge is 2.21. The number of anilines is 1. The smallest absolute Gasteiger partial charge is 0.238 e. The van der Waals surface area contributed by atoms with E-state index in [1.54, 1.807) is 24.3 Å². The van der Waals surface area contributed by atoms with Crippen molar-refractivity contribution in [2.75, 3.05) is 51.2 Å². The van der Waals surface area contributed by atoms with Crippen molar-refractivity contribution in [3.8, 4) is 5.75 Å². The standard InChI is InChI=1S/C21H25Cl2N3O3/c22-17-5-1-3-7-19(17)24-21(28)14-26-11-9-25(10-12-26)13-16(27)15-29-20-8-4-2-6-18(20)23/h1-8,16,27H,9-15H2,(H,24,28). The predicted molar refractivity (Wildman–Crippen MR) is 116 cm³/mol. The van der Waals surface area contributed by atoms with Gasteiger partial charge in [0.1, 0.15) is 18.5 Å². The molecule has 0 aliphatic carbocycles. The van der Waals surface area contributed by atoms with E-state index in [0.717, 1.165) is 26.2 Å². The fourth-order valence-corrected chi connectivity index (χ4v) is 3.56. The third kappa shape index (κ3) is 6.87. The molecule has 1 aliphatic rings. The summed E-state index contributed by atoms with van der Waals surface area (Å²) in [7, 11) is 0. The van der Waals surface area contributed by atoms with Crippen LogP contribution in [-0.4, -0.2) is 72.8 Å². The lowest BCUT2D eigenvalue weighted by atomic mass is 10.2. The largest absolute Gasteiger partial charge is 0.489 e. The molecule has 1 atom stereocenters. The minimum absolute atomic E-state index is 0.0836. The Balaban J connectivity index is 1.36. The number of rotatable bonds is 8. The Labute approximate surface area is 181 Å². The van der Waals surface area contributed by atoms with Crippen molar-refractivity contribution in [2.45, 2.75) is 6.10 Å². The SMILES string of the molecule is O=C(CN1CCN(CC(O)COc2ccccc2Cl)CC1)Nc1ccccc1Cl. The topological polar surface area (TPSA) is 65.0 Å². The Morgan fingerprint density at radius 2 is 1.62 bits per heavy atom. The van der Waals surface area contributed by atoms with Crippen molar-refractivity contribution in [3.05, 3.63) is 58.6 Å². The van der Waals surface area contributed by atoms with E-state index >= 15 is 0 Å². The van der Waals surface area contributed by atoms with Gasteiger partial charge in [0, 0.05) is 32.7 Å². The monoisotopic (exact) mass is 437 g/mol. The van der Waals surface area contributed by atoms with Gasteiger partial charge in [-0.25, -0.2) is 0 Å². The molecule has 1 unspecified atom stereocenters. The van der Waals surface area contributed by atoms with E-state index in [2.05, 4.69) is 15.1 Å². The summed E-state index contributed by atoms with van der Waals surface area (Å²) in [5.74, 6) is 0.488. The van der Waals surface area contributed by atoms with Gasteiger partial charge in [-0.15, -0.1) is 0 Å². The van der Waals surface area contributed by atoms with Crippen molar-refractivity contribution < 1.29 is 14.6 Å². The summed E-state index contributed by atoms with van der Waals surface area (Å²) in [6.07, 6.45) is -0.610. The molecule has 1 heterocycles. The van der Waals surface area contributed by atoms with Gasteiger partial charge >= 0.3 is 0 Å². The normalized spacial score (nSPS) is 16.4. The molecular weight excluding hydrogens is 413 g/mol. The summed E-state index contributed by atoms with van der Waals surface area (Å²) in [6, 6.07) is 14.4. The van der Waals surface area contributed by atoms with Crippen molar-refractivity contribution in [2.24, 2.45) is 0 Å². The lowest BCUT2D eigenvalue weighted by Crippen LogP contribution is -2.50. The van der Waals surface area contributed by atoms with Gasteiger partial charge in [0.05, 0.1) is 22.3 Å². The number of nitrogens with zero attached hydrogens (tertiary/aromatic N) is 2. The number of hydrogen-bond donors (Lipinski definition) is 2. The van der Waals surface area contributed by atoms with Crippen LogP contribution in [0.25, 0.3) is 0 Å². The number of carbonyl (C=O) groups excluding carboxylic acids is 1. The van der Waals surface area contributed by atoms with Crippen LogP contribution in [0.15, 0.2) is 48.5 Å². The third-order valence-electron chi connectivity index (χ3n) is 4.72. The van der Waals surface area contributed by atoms with Crippen LogP contribution in [0, 0.1) is 0 Å². The maximum absolute atomic E-state index is 12.2. The first-order valence-electron chi connectivity index (χ1n) is 9.56. The molecule has 0 spiro atoms. The molecule has 0 saturated carbocycles. The Hall–Kier alpha value is -1.83. The summed E-state index contributed by atoms with van der Waals surface area (Å²) in [4.78, 5) is 16.5. The fourth-order valence-electron chi connectivity index (χ4n) is 3.18. The van der Waals surface area contributed by atoms with Gasteiger partial charge in [-0.1, -0.05) is 47.5 Å². The molecule has 29 heavy (non-hydrogen) atoms. The molecular formula is C21H25Cl2N3O3. The van der Waals surface area contributed by atoms with Gasteiger partial charge in [-0.05, 0) is 24.3 Å². The number of amides is 1. The number of para-hydroxylation sites is 2. The number of piperazine rings is 1. The Bertz CT molecular complexity index is 813. The number of hydrogen-bond acceptors (Lipinski definition) is 5. The fraction of sp³-hybridized carbons (Fsp3) is 0.381. The molecule has 2 aromatic carbocycles. The molecule has 1 fully saturated rings. The van der Waals surface area contributed by atoms with Gasteiger partial charge in [-0.2, -0.15) is 0 Å². The minimum Gasteiger partial charge on any atom is -0.489 e. The van der Waals surface area contributed by atoms with E-state index in [1.807, 2.05) is 24.3 Å². The summed E-state index contributed by atoms with van der Waals surface area (Å²) in [5.41, 5.74) is 0.624.